The molecule has 0 amide bonds. The summed E-state index contributed by atoms with van der Waals surface area (Å²) in [6, 6.07) is 15.2. The summed E-state index contributed by atoms with van der Waals surface area (Å²) in [5, 5.41) is 0. The maximum atomic E-state index is 13.6. The number of rotatable bonds is 7. The minimum absolute atomic E-state index is 0.0421. The van der Waals surface area contributed by atoms with Crippen LogP contribution in [0, 0.1) is 13.8 Å². The van der Waals surface area contributed by atoms with Crippen LogP contribution in [-0.2, 0) is 19.1 Å². The Hall–Kier alpha value is -3.91. The minimum Gasteiger partial charge on any atom is -0.466 e. The van der Waals surface area contributed by atoms with E-state index in [4.69, 9.17) is 15.2 Å². The molecule has 37 heavy (non-hydrogen) atoms. The topological polar surface area (TPSA) is 101 Å². The Morgan fingerprint density at radius 1 is 1.00 bits per heavy atom. The zero-order chi connectivity index (χ0) is 26.7. The number of hydrogen-bond acceptors (Lipinski definition) is 7. The summed E-state index contributed by atoms with van der Waals surface area (Å²) in [6.07, 6.45) is 3.27. The molecule has 192 valence electrons. The molecule has 3 aromatic rings. The Kier molecular flexibility index (Phi) is 7.78. The van der Waals surface area contributed by atoms with Crippen molar-refractivity contribution in [2.75, 3.05) is 13.7 Å². The summed E-state index contributed by atoms with van der Waals surface area (Å²) in [4.78, 5) is 40.2. The molecule has 0 radical (unpaired) electrons. The number of ether oxygens (including phenoxy) is 2. The summed E-state index contributed by atoms with van der Waals surface area (Å²) in [5.41, 5.74) is 9.99. The minimum atomic E-state index is -0.854. The highest BCUT2D eigenvalue weighted by molar-refractivity contribution is 7.07. The van der Waals surface area contributed by atoms with Crippen LogP contribution in [0.3, 0.4) is 0 Å². The molecule has 1 aromatic heterocycles. The molecule has 0 aliphatic carbocycles. The van der Waals surface area contributed by atoms with E-state index < -0.39 is 23.4 Å². The summed E-state index contributed by atoms with van der Waals surface area (Å²) in [6.45, 7) is 6.13. The number of fused-ring (bicyclic) bond motifs is 1. The predicted octanol–water partition coefficient (Wildman–Crippen LogP) is 2.95. The summed E-state index contributed by atoms with van der Waals surface area (Å²) >= 11 is 1.14. The van der Waals surface area contributed by atoms with E-state index >= 15 is 0 Å². The van der Waals surface area contributed by atoms with Gasteiger partial charge in [0.25, 0.3) is 5.56 Å². The standard InChI is InChI=1S/C29H30N2O5S/c1-5-6-15-36-29(34)23-22(20-13-9-18(3)10-14-20)24(28(33)35-4)27-31(25(23)30)26(32)21(37-27)16-19-11-7-17(2)8-12-19/h7-14,16,22H,5-6,15,30H2,1-4H3/b21-16-. The van der Waals surface area contributed by atoms with Gasteiger partial charge in [0.15, 0.2) is 0 Å². The number of esters is 2. The number of benzene rings is 2. The molecular weight excluding hydrogens is 488 g/mol. The average molecular weight is 519 g/mol. The van der Waals surface area contributed by atoms with Gasteiger partial charge in [0.2, 0.25) is 0 Å². The van der Waals surface area contributed by atoms with Gasteiger partial charge in [0.1, 0.15) is 10.5 Å². The molecule has 0 saturated heterocycles. The van der Waals surface area contributed by atoms with Gasteiger partial charge in [-0.1, -0.05) is 73.0 Å². The van der Waals surface area contributed by atoms with Gasteiger partial charge in [-0.3, -0.25) is 9.36 Å². The highest BCUT2D eigenvalue weighted by atomic mass is 32.1. The third-order valence-electron chi connectivity index (χ3n) is 6.29. The first kappa shape index (κ1) is 26.2. The molecule has 8 heteroatoms. The van der Waals surface area contributed by atoms with Crippen molar-refractivity contribution in [3.8, 4) is 0 Å². The number of hydrogen-bond donors (Lipinski definition) is 1. The Bertz CT molecular complexity index is 1540. The van der Waals surface area contributed by atoms with Gasteiger partial charge in [-0.25, -0.2) is 9.59 Å². The number of thiazole rings is 1. The number of aromatic nitrogens is 1. The zero-order valence-electron chi connectivity index (χ0n) is 21.4. The quantitative estimate of drug-likeness (QED) is 0.381. The van der Waals surface area contributed by atoms with Crippen LogP contribution in [0.15, 0.2) is 58.9 Å². The van der Waals surface area contributed by atoms with Gasteiger partial charge in [-0.15, -0.1) is 11.3 Å². The van der Waals surface area contributed by atoms with Crippen LogP contribution in [0.2, 0.25) is 0 Å². The second-order valence-electron chi connectivity index (χ2n) is 9.00. The second kappa shape index (κ2) is 11.0. The molecule has 0 fully saturated rings. The molecule has 2 N–H and O–H groups in total. The summed E-state index contributed by atoms with van der Waals surface area (Å²) < 4.78 is 12.6. The zero-order valence-corrected chi connectivity index (χ0v) is 22.2. The van der Waals surface area contributed by atoms with Crippen molar-refractivity contribution < 1.29 is 19.1 Å². The van der Waals surface area contributed by atoms with Crippen molar-refractivity contribution in [1.82, 2.24) is 4.57 Å². The maximum absolute atomic E-state index is 13.6. The van der Waals surface area contributed by atoms with Gasteiger partial charge in [-0.2, -0.15) is 0 Å². The van der Waals surface area contributed by atoms with Crippen molar-refractivity contribution in [2.24, 2.45) is 5.73 Å². The molecule has 1 atom stereocenters. The number of carbonyl (C=O) groups is 2. The number of aryl methyl sites for hydroxylation is 2. The van der Waals surface area contributed by atoms with Crippen LogP contribution in [0.5, 0.6) is 0 Å². The van der Waals surface area contributed by atoms with E-state index in [1.165, 1.54) is 11.7 Å². The number of unbranched alkanes of at least 4 members (excludes halogenated alkanes) is 1. The Morgan fingerprint density at radius 2 is 1.62 bits per heavy atom. The molecule has 1 unspecified atom stereocenters. The van der Waals surface area contributed by atoms with Crippen molar-refractivity contribution in [1.29, 1.82) is 0 Å². The van der Waals surface area contributed by atoms with Gasteiger partial charge < -0.3 is 15.2 Å². The Morgan fingerprint density at radius 3 is 2.22 bits per heavy atom. The van der Waals surface area contributed by atoms with Crippen molar-refractivity contribution in [3.05, 3.63) is 95.9 Å². The molecule has 2 aromatic carbocycles. The van der Waals surface area contributed by atoms with E-state index in [0.717, 1.165) is 34.4 Å². The molecular formula is C29H30N2O5S. The lowest BCUT2D eigenvalue weighted by molar-refractivity contribution is -0.139. The van der Waals surface area contributed by atoms with Gasteiger partial charge in [0, 0.05) is 0 Å². The highest BCUT2D eigenvalue weighted by Crippen LogP contribution is 2.37. The van der Waals surface area contributed by atoms with E-state index in [-0.39, 0.29) is 23.6 Å². The first-order valence-electron chi connectivity index (χ1n) is 12.1. The second-order valence-corrected chi connectivity index (χ2v) is 10.0. The smallest absolute Gasteiger partial charge is 0.338 e. The van der Waals surface area contributed by atoms with Crippen LogP contribution >= 0.6 is 11.3 Å². The van der Waals surface area contributed by atoms with E-state index in [2.05, 4.69) is 0 Å². The molecule has 7 nitrogen and oxygen atoms in total. The van der Waals surface area contributed by atoms with E-state index in [1.807, 2.05) is 69.3 Å². The van der Waals surface area contributed by atoms with Crippen LogP contribution in [-0.4, -0.2) is 30.2 Å². The fourth-order valence-electron chi connectivity index (χ4n) is 4.25. The number of methoxy groups -OCH3 is 1. The third kappa shape index (κ3) is 5.15. The van der Waals surface area contributed by atoms with Crippen LogP contribution in [0.4, 0.5) is 0 Å². The monoisotopic (exact) mass is 518 g/mol. The fourth-order valence-corrected chi connectivity index (χ4v) is 5.41. The normalized spacial score (nSPS) is 15.5. The Labute approximate surface area is 219 Å². The lowest BCUT2D eigenvalue weighted by Crippen LogP contribution is -2.41. The molecule has 4 rings (SSSR count). The number of nitrogens with zero attached hydrogens (tertiary/aromatic N) is 1. The van der Waals surface area contributed by atoms with E-state index in [9.17, 15) is 14.4 Å². The first-order chi connectivity index (χ1) is 17.8. The third-order valence-corrected chi connectivity index (χ3v) is 7.40. The van der Waals surface area contributed by atoms with E-state index in [0.29, 0.717) is 21.2 Å². The van der Waals surface area contributed by atoms with Gasteiger partial charge >= 0.3 is 11.9 Å². The van der Waals surface area contributed by atoms with Crippen molar-refractivity contribution in [3.63, 3.8) is 0 Å². The highest BCUT2D eigenvalue weighted by Gasteiger charge is 2.39. The Balaban J connectivity index is 2.04. The van der Waals surface area contributed by atoms with Crippen LogP contribution in [0.1, 0.15) is 47.9 Å². The largest absolute Gasteiger partial charge is 0.466 e. The molecule has 0 spiro atoms. The molecule has 2 heterocycles. The first-order valence-corrected chi connectivity index (χ1v) is 12.9. The lowest BCUT2D eigenvalue weighted by atomic mass is 9.83. The molecule has 0 bridgehead atoms. The SMILES string of the molecule is CCCCOC(=O)C1=C(N)n2c(s/c(=C\c3ccc(C)cc3)c2=O)=C(C(=O)OC)C1c1ccc(C)cc1. The molecule has 0 saturated carbocycles. The van der Waals surface area contributed by atoms with Crippen LogP contribution < -0.4 is 20.5 Å². The van der Waals surface area contributed by atoms with Crippen LogP contribution in [0.25, 0.3) is 17.5 Å². The number of nitrogens with two attached hydrogens (primary N) is 1. The van der Waals surface area contributed by atoms with Crippen molar-refractivity contribution in [2.45, 2.75) is 39.5 Å². The van der Waals surface area contributed by atoms with Crippen molar-refractivity contribution >= 4 is 40.7 Å². The molecule has 1 aliphatic heterocycles. The summed E-state index contributed by atoms with van der Waals surface area (Å²) in [5.74, 6) is -2.20. The number of carbonyl (C=O) groups excluding carboxylic acids is 2. The summed E-state index contributed by atoms with van der Waals surface area (Å²) in [7, 11) is 1.28. The van der Waals surface area contributed by atoms with Gasteiger partial charge in [0.05, 0.1) is 35.3 Å². The average Bonchev–Trinajstić information content (AvgIpc) is 3.21. The lowest BCUT2D eigenvalue weighted by Gasteiger charge is -2.27. The predicted molar refractivity (Wildman–Crippen MR) is 145 cm³/mol. The fraction of sp³-hybridized carbons (Fsp3) is 0.276. The van der Waals surface area contributed by atoms with E-state index in [1.54, 1.807) is 6.08 Å². The van der Waals surface area contributed by atoms with Gasteiger partial charge in [-0.05, 0) is 37.5 Å². The molecule has 1 aliphatic rings. The maximum Gasteiger partial charge on any atom is 0.338 e.